The molecule has 0 aromatic heterocycles. The summed E-state index contributed by atoms with van der Waals surface area (Å²) in [7, 11) is 0. The number of carboxylic acid groups (broad SMARTS) is 1. The van der Waals surface area contributed by atoms with Gasteiger partial charge in [0.1, 0.15) is 0 Å². The van der Waals surface area contributed by atoms with Gasteiger partial charge in [-0.25, -0.2) is 4.79 Å². The molecular formula is C24H34N4O5S. The van der Waals surface area contributed by atoms with E-state index in [0.29, 0.717) is 48.7 Å². The van der Waals surface area contributed by atoms with Crippen molar-refractivity contribution in [2.75, 3.05) is 18.0 Å². The number of aliphatic carboxylic acids is 1. The molecule has 0 aliphatic carbocycles. The highest BCUT2D eigenvalue weighted by molar-refractivity contribution is 8.00. The number of carboxylic acids is 1. The van der Waals surface area contributed by atoms with Gasteiger partial charge in [-0.3, -0.25) is 14.4 Å². The number of hydrogen-bond acceptors (Lipinski definition) is 6. The van der Waals surface area contributed by atoms with Crippen molar-refractivity contribution in [2.45, 2.75) is 68.7 Å². The number of urea groups is 1. The standard InChI is InChI=1S/C24H34N4O5S/c25-17-10-8-15(9-11-17)19(29)13-16(23(31)32)5-3-4-12-26-21(30)7-2-1-6-20-22-18(14-34-20)27-24(33)28-22/h8-11,16,18,20,22H,1-7,12-14,25H2,(H,26,30)(H,31,32)(H2,27,28,33)/t16?,18-,20?,22-/m0/s1. The van der Waals surface area contributed by atoms with Gasteiger partial charge in [0.05, 0.1) is 18.0 Å². The van der Waals surface area contributed by atoms with Crippen LogP contribution in [0.15, 0.2) is 24.3 Å². The van der Waals surface area contributed by atoms with Crippen LogP contribution < -0.4 is 21.7 Å². The average Bonchev–Trinajstić information content (AvgIpc) is 3.35. The van der Waals surface area contributed by atoms with E-state index in [0.717, 1.165) is 25.0 Å². The van der Waals surface area contributed by atoms with E-state index in [1.807, 2.05) is 11.8 Å². The Kier molecular flexibility index (Phi) is 9.62. The zero-order valence-corrected chi connectivity index (χ0v) is 20.1. The van der Waals surface area contributed by atoms with Crippen molar-refractivity contribution in [1.82, 2.24) is 16.0 Å². The van der Waals surface area contributed by atoms with Crippen LogP contribution in [-0.4, -0.2) is 58.4 Å². The lowest BCUT2D eigenvalue weighted by molar-refractivity contribution is -0.142. The molecule has 6 N–H and O–H groups in total. The molecule has 34 heavy (non-hydrogen) atoms. The van der Waals surface area contributed by atoms with Crippen molar-refractivity contribution in [2.24, 2.45) is 5.92 Å². The molecule has 2 aliphatic rings. The van der Waals surface area contributed by atoms with Gasteiger partial charge >= 0.3 is 12.0 Å². The predicted molar refractivity (Wildman–Crippen MR) is 132 cm³/mol. The Labute approximate surface area is 204 Å². The Hall–Kier alpha value is -2.75. The van der Waals surface area contributed by atoms with Crippen LogP contribution in [0, 0.1) is 5.92 Å². The van der Waals surface area contributed by atoms with Crippen LogP contribution in [0.2, 0.25) is 0 Å². The van der Waals surface area contributed by atoms with Gasteiger partial charge in [0.2, 0.25) is 5.91 Å². The molecule has 2 unspecified atom stereocenters. The largest absolute Gasteiger partial charge is 0.481 e. The smallest absolute Gasteiger partial charge is 0.315 e. The van der Waals surface area contributed by atoms with Gasteiger partial charge in [-0.05, 0) is 49.9 Å². The van der Waals surface area contributed by atoms with Crippen LogP contribution in [0.25, 0.3) is 0 Å². The number of fused-ring (bicyclic) bond motifs is 1. The molecule has 186 valence electrons. The SMILES string of the molecule is Nc1ccc(C(=O)CC(CCCCNC(=O)CCCCC2SC[C@@H]3NC(=O)N[C@H]23)C(=O)O)cc1. The molecule has 3 amide bonds. The first-order valence-electron chi connectivity index (χ1n) is 11.9. The second-order valence-corrected chi connectivity index (χ2v) is 10.3. The van der Waals surface area contributed by atoms with Crippen molar-refractivity contribution in [3.8, 4) is 0 Å². The topological polar surface area (TPSA) is 151 Å². The number of carbonyl (C=O) groups excluding carboxylic acids is 3. The molecule has 0 spiro atoms. The van der Waals surface area contributed by atoms with Gasteiger partial charge in [-0.15, -0.1) is 0 Å². The third kappa shape index (κ3) is 7.65. The molecule has 4 atom stereocenters. The fourth-order valence-electron chi connectivity index (χ4n) is 4.43. The van der Waals surface area contributed by atoms with E-state index in [2.05, 4.69) is 16.0 Å². The van der Waals surface area contributed by atoms with E-state index >= 15 is 0 Å². The quantitative estimate of drug-likeness (QED) is 0.116. The minimum absolute atomic E-state index is 0.00102. The molecule has 2 aliphatic heterocycles. The van der Waals surface area contributed by atoms with E-state index in [4.69, 9.17) is 5.73 Å². The number of ketones is 1. The molecule has 3 rings (SSSR count). The van der Waals surface area contributed by atoms with Crippen molar-refractivity contribution >= 4 is 41.1 Å². The number of hydrogen-bond donors (Lipinski definition) is 5. The summed E-state index contributed by atoms with van der Waals surface area (Å²) in [6.07, 6.45) is 4.80. The molecule has 0 radical (unpaired) electrons. The first kappa shape index (κ1) is 25.9. The molecule has 1 aromatic carbocycles. The summed E-state index contributed by atoms with van der Waals surface area (Å²) in [6, 6.07) is 6.81. The Morgan fingerprint density at radius 3 is 2.62 bits per heavy atom. The van der Waals surface area contributed by atoms with Gasteiger partial charge in [0.15, 0.2) is 5.78 Å². The molecule has 0 saturated carbocycles. The highest BCUT2D eigenvalue weighted by Gasteiger charge is 2.42. The van der Waals surface area contributed by atoms with Crippen LogP contribution in [0.1, 0.15) is 61.7 Å². The monoisotopic (exact) mass is 490 g/mol. The number of thioether (sulfide) groups is 1. The first-order valence-corrected chi connectivity index (χ1v) is 12.9. The third-order valence-electron chi connectivity index (χ3n) is 6.40. The minimum Gasteiger partial charge on any atom is -0.481 e. The Bertz CT molecular complexity index is 879. The molecule has 2 fully saturated rings. The first-order chi connectivity index (χ1) is 16.3. The van der Waals surface area contributed by atoms with Gasteiger partial charge in [-0.1, -0.05) is 12.8 Å². The number of nitrogens with two attached hydrogens (primary N) is 1. The van der Waals surface area contributed by atoms with Crippen molar-refractivity contribution < 1.29 is 24.3 Å². The number of Topliss-reactive ketones (excluding diaryl/α,β-unsaturated/α-hetero) is 1. The summed E-state index contributed by atoms with van der Waals surface area (Å²) in [6.45, 7) is 0.497. The highest BCUT2D eigenvalue weighted by atomic mass is 32.2. The molecule has 2 heterocycles. The summed E-state index contributed by atoms with van der Waals surface area (Å²) in [5.41, 5.74) is 6.64. The number of anilines is 1. The molecule has 1 aromatic rings. The van der Waals surface area contributed by atoms with Crippen LogP contribution in [0.4, 0.5) is 10.5 Å². The summed E-state index contributed by atoms with van der Waals surface area (Å²) >= 11 is 1.88. The lowest BCUT2D eigenvalue weighted by atomic mass is 9.93. The predicted octanol–water partition coefficient (Wildman–Crippen LogP) is 2.55. The fraction of sp³-hybridized carbons (Fsp3) is 0.583. The second-order valence-electron chi connectivity index (χ2n) is 9.00. The van der Waals surface area contributed by atoms with Crippen LogP contribution in [-0.2, 0) is 9.59 Å². The molecule has 2 saturated heterocycles. The zero-order chi connectivity index (χ0) is 24.5. The van der Waals surface area contributed by atoms with Crippen molar-refractivity contribution in [3.05, 3.63) is 29.8 Å². The number of amides is 3. The number of benzene rings is 1. The lowest BCUT2D eigenvalue weighted by Crippen LogP contribution is -2.36. The number of nitrogens with one attached hydrogen (secondary N) is 3. The van der Waals surface area contributed by atoms with E-state index in [-0.39, 0.29) is 36.2 Å². The fourth-order valence-corrected chi connectivity index (χ4v) is 5.97. The zero-order valence-electron chi connectivity index (χ0n) is 19.3. The maximum absolute atomic E-state index is 12.3. The van der Waals surface area contributed by atoms with E-state index in [9.17, 15) is 24.3 Å². The summed E-state index contributed by atoms with van der Waals surface area (Å²) in [5, 5.41) is 18.7. The summed E-state index contributed by atoms with van der Waals surface area (Å²) in [5.74, 6) is -0.992. The maximum Gasteiger partial charge on any atom is 0.315 e. The van der Waals surface area contributed by atoms with Crippen molar-refractivity contribution in [1.29, 1.82) is 0 Å². The van der Waals surface area contributed by atoms with Crippen LogP contribution >= 0.6 is 11.8 Å². The van der Waals surface area contributed by atoms with Crippen LogP contribution in [0.3, 0.4) is 0 Å². The number of unbranched alkanes of at least 4 members (excludes halogenated alkanes) is 2. The normalized spacial score (nSPS) is 21.9. The number of rotatable bonds is 14. The van der Waals surface area contributed by atoms with Crippen LogP contribution in [0.5, 0.6) is 0 Å². The third-order valence-corrected chi connectivity index (χ3v) is 7.90. The number of nitrogen functional groups attached to an aromatic ring is 1. The van der Waals surface area contributed by atoms with Crippen molar-refractivity contribution in [3.63, 3.8) is 0 Å². The molecule has 0 bridgehead atoms. The number of carbonyl (C=O) groups is 4. The minimum atomic E-state index is -0.979. The van der Waals surface area contributed by atoms with Gasteiger partial charge in [0, 0.05) is 41.6 Å². The van der Waals surface area contributed by atoms with Gasteiger partial charge in [-0.2, -0.15) is 11.8 Å². The Balaban J connectivity index is 1.24. The van der Waals surface area contributed by atoms with E-state index < -0.39 is 11.9 Å². The summed E-state index contributed by atoms with van der Waals surface area (Å²) < 4.78 is 0. The Morgan fingerprint density at radius 2 is 1.88 bits per heavy atom. The molecular weight excluding hydrogens is 456 g/mol. The van der Waals surface area contributed by atoms with Gasteiger partial charge < -0.3 is 26.8 Å². The van der Waals surface area contributed by atoms with E-state index in [1.165, 1.54) is 0 Å². The lowest BCUT2D eigenvalue weighted by Gasteiger charge is -2.16. The highest BCUT2D eigenvalue weighted by Crippen LogP contribution is 2.33. The molecule has 9 nitrogen and oxygen atoms in total. The van der Waals surface area contributed by atoms with Gasteiger partial charge in [0.25, 0.3) is 0 Å². The summed E-state index contributed by atoms with van der Waals surface area (Å²) in [4.78, 5) is 47.4. The second kappa shape index (κ2) is 12.6. The maximum atomic E-state index is 12.3. The van der Waals surface area contributed by atoms with E-state index in [1.54, 1.807) is 24.3 Å². The molecule has 10 heteroatoms. The average molecular weight is 491 g/mol. The Morgan fingerprint density at radius 1 is 1.12 bits per heavy atom.